The molecule has 1 saturated heterocycles. The summed E-state index contributed by atoms with van der Waals surface area (Å²) in [6, 6.07) is 4.30. The van der Waals surface area contributed by atoms with Crippen molar-refractivity contribution in [1.29, 1.82) is 0 Å². The molecule has 1 N–H and O–H groups in total. The lowest BCUT2D eigenvalue weighted by Gasteiger charge is -2.18. The molecule has 7 nitrogen and oxygen atoms in total. The van der Waals surface area contributed by atoms with Crippen LogP contribution in [0.3, 0.4) is 0 Å². The number of carbonyl (C=O) groups is 1. The van der Waals surface area contributed by atoms with Gasteiger partial charge in [-0.25, -0.2) is 13.2 Å². The lowest BCUT2D eigenvalue weighted by Crippen LogP contribution is -2.31. The number of halogens is 1. The van der Waals surface area contributed by atoms with Crippen LogP contribution in [0.5, 0.6) is 5.75 Å². The Morgan fingerprint density at radius 3 is 2.86 bits per heavy atom. The number of aliphatic carboxylic acids is 1. The predicted octanol–water partition coefficient (Wildman–Crippen LogP) is 1.21. The first-order valence-electron chi connectivity index (χ1n) is 6.51. The molecule has 1 heterocycles. The molecule has 0 radical (unpaired) electrons. The Bertz CT molecular complexity index is 662. The van der Waals surface area contributed by atoms with E-state index in [1.165, 1.54) is 29.6 Å². The third-order valence-electron chi connectivity index (χ3n) is 3.29. The molecule has 0 unspecified atom stereocenters. The minimum atomic E-state index is -3.75. The van der Waals surface area contributed by atoms with Crippen LogP contribution < -0.4 is 4.74 Å². The maximum atomic E-state index is 12.6. The Morgan fingerprint density at radius 2 is 2.23 bits per heavy atom. The van der Waals surface area contributed by atoms with Crippen molar-refractivity contribution in [2.75, 3.05) is 26.8 Å². The second-order valence-corrected chi connectivity index (χ2v) is 7.12. The summed E-state index contributed by atoms with van der Waals surface area (Å²) in [6.07, 6.45) is 0.0201. The fourth-order valence-electron chi connectivity index (χ4n) is 2.23. The van der Waals surface area contributed by atoms with Gasteiger partial charge in [0, 0.05) is 24.2 Å². The Labute approximate surface area is 133 Å². The van der Waals surface area contributed by atoms with Crippen molar-refractivity contribution < 1.29 is 27.8 Å². The SMILES string of the molecule is COc1cc(Cl)ccc1S(=O)(=O)N1CC[C@@H](OCC(=O)O)C1. The number of sulfonamides is 1. The summed E-state index contributed by atoms with van der Waals surface area (Å²) in [4.78, 5) is 10.5. The summed E-state index contributed by atoms with van der Waals surface area (Å²) in [7, 11) is -2.38. The zero-order chi connectivity index (χ0) is 16.3. The summed E-state index contributed by atoms with van der Waals surface area (Å²) >= 11 is 5.84. The van der Waals surface area contributed by atoms with E-state index in [-0.39, 0.29) is 23.7 Å². The quantitative estimate of drug-likeness (QED) is 0.829. The van der Waals surface area contributed by atoms with E-state index < -0.39 is 28.7 Å². The average Bonchev–Trinajstić information content (AvgIpc) is 2.94. The topological polar surface area (TPSA) is 93.1 Å². The number of benzene rings is 1. The molecule has 0 aliphatic carbocycles. The first kappa shape index (κ1) is 17.0. The van der Waals surface area contributed by atoms with Crippen molar-refractivity contribution in [2.24, 2.45) is 0 Å². The van der Waals surface area contributed by atoms with E-state index in [0.29, 0.717) is 11.4 Å². The molecule has 2 rings (SSSR count). The maximum Gasteiger partial charge on any atom is 0.329 e. The normalized spacial score (nSPS) is 19.3. The number of carboxylic acid groups (broad SMARTS) is 1. The first-order valence-corrected chi connectivity index (χ1v) is 8.33. The van der Waals surface area contributed by atoms with Crippen LogP contribution in [0.1, 0.15) is 6.42 Å². The molecular formula is C13H16ClNO6S. The monoisotopic (exact) mass is 349 g/mol. The third-order valence-corrected chi connectivity index (χ3v) is 5.43. The van der Waals surface area contributed by atoms with Crippen LogP contribution in [0.25, 0.3) is 0 Å². The van der Waals surface area contributed by atoms with Gasteiger partial charge in [-0.3, -0.25) is 0 Å². The summed E-state index contributed by atoms with van der Waals surface area (Å²) in [5.74, 6) is -0.914. The van der Waals surface area contributed by atoms with Gasteiger partial charge in [0.1, 0.15) is 17.3 Å². The molecular weight excluding hydrogens is 334 g/mol. The molecule has 1 aliphatic rings. The zero-order valence-electron chi connectivity index (χ0n) is 11.9. The molecule has 1 aromatic carbocycles. The number of rotatable bonds is 6. The minimum absolute atomic E-state index is 0.0262. The van der Waals surface area contributed by atoms with Crippen LogP contribution in [0.15, 0.2) is 23.1 Å². The molecule has 1 aliphatic heterocycles. The highest BCUT2D eigenvalue weighted by molar-refractivity contribution is 7.89. The van der Waals surface area contributed by atoms with E-state index in [4.69, 9.17) is 26.2 Å². The summed E-state index contributed by atoms with van der Waals surface area (Å²) < 4.78 is 36.8. The summed E-state index contributed by atoms with van der Waals surface area (Å²) in [6.45, 7) is -0.0669. The number of nitrogens with zero attached hydrogens (tertiary/aromatic N) is 1. The van der Waals surface area contributed by atoms with Gasteiger partial charge in [-0.05, 0) is 18.6 Å². The molecule has 122 valence electrons. The van der Waals surface area contributed by atoms with Gasteiger partial charge in [0.05, 0.1) is 13.2 Å². The Hall–Kier alpha value is -1.35. The highest BCUT2D eigenvalue weighted by Gasteiger charge is 2.35. The smallest absolute Gasteiger partial charge is 0.329 e. The van der Waals surface area contributed by atoms with E-state index in [2.05, 4.69) is 0 Å². The fourth-order valence-corrected chi connectivity index (χ4v) is 4.02. The van der Waals surface area contributed by atoms with Crippen molar-refractivity contribution in [2.45, 2.75) is 17.4 Å². The summed E-state index contributed by atoms with van der Waals surface area (Å²) in [5.41, 5.74) is 0. The summed E-state index contributed by atoms with van der Waals surface area (Å²) in [5, 5.41) is 8.96. The van der Waals surface area contributed by atoms with Gasteiger partial charge < -0.3 is 14.6 Å². The van der Waals surface area contributed by atoms with E-state index in [1.807, 2.05) is 0 Å². The van der Waals surface area contributed by atoms with Crippen LogP contribution in [-0.4, -0.2) is 56.7 Å². The third kappa shape index (κ3) is 3.70. The van der Waals surface area contributed by atoms with E-state index >= 15 is 0 Å². The Balaban J connectivity index is 2.16. The van der Waals surface area contributed by atoms with Gasteiger partial charge in [-0.1, -0.05) is 11.6 Å². The highest BCUT2D eigenvalue weighted by atomic mass is 35.5. The maximum absolute atomic E-state index is 12.6. The highest BCUT2D eigenvalue weighted by Crippen LogP contribution is 2.31. The largest absolute Gasteiger partial charge is 0.495 e. The van der Waals surface area contributed by atoms with Crippen LogP contribution in [0.4, 0.5) is 0 Å². The number of hydrogen-bond acceptors (Lipinski definition) is 5. The van der Waals surface area contributed by atoms with E-state index in [0.717, 1.165) is 0 Å². The number of methoxy groups -OCH3 is 1. The molecule has 1 atom stereocenters. The van der Waals surface area contributed by atoms with Crippen LogP contribution >= 0.6 is 11.6 Å². The van der Waals surface area contributed by atoms with Crippen LogP contribution in [-0.2, 0) is 19.6 Å². The van der Waals surface area contributed by atoms with Crippen molar-refractivity contribution in [3.8, 4) is 5.75 Å². The lowest BCUT2D eigenvalue weighted by atomic mass is 10.3. The lowest BCUT2D eigenvalue weighted by molar-refractivity contribution is -0.144. The van der Waals surface area contributed by atoms with Crippen molar-refractivity contribution in [3.63, 3.8) is 0 Å². The molecule has 22 heavy (non-hydrogen) atoms. The molecule has 0 bridgehead atoms. The average molecular weight is 350 g/mol. The van der Waals surface area contributed by atoms with Gasteiger partial charge in [0.15, 0.2) is 0 Å². The molecule has 1 aromatic rings. The Kier molecular flexibility index (Phi) is 5.28. The molecule has 1 fully saturated rings. The zero-order valence-corrected chi connectivity index (χ0v) is 13.4. The molecule has 0 amide bonds. The van der Waals surface area contributed by atoms with Gasteiger partial charge >= 0.3 is 5.97 Å². The second-order valence-electron chi connectivity index (χ2n) is 4.77. The number of carboxylic acids is 1. The van der Waals surface area contributed by atoms with Gasteiger partial charge in [-0.15, -0.1) is 0 Å². The molecule has 0 saturated carbocycles. The fraction of sp³-hybridized carbons (Fsp3) is 0.462. The van der Waals surface area contributed by atoms with Crippen LogP contribution in [0, 0.1) is 0 Å². The number of ether oxygens (including phenoxy) is 2. The minimum Gasteiger partial charge on any atom is -0.495 e. The van der Waals surface area contributed by atoms with Gasteiger partial charge in [0.25, 0.3) is 0 Å². The molecule has 0 aromatic heterocycles. The Morgan fingerprint density at radius 1 is 1.50 bits per heavy atom. The standard InChI is InChI=1S/C13H16ClNO6S/c1-20-11-6-9(14)2-3-12(11)22(18,19)15-5-4-10(7-15)21-8-13(16)17/h2-3,6,10H,4-5,7-8H2,1H3,(H,16,17)/t10-/m1/s1. The van der Waals surface area contributed by atoms with Gasteiger partial charge in [0.2, 0.25) is 10.0 Å². The van der Waals surface area contributed by atoms with Gasteiger partial charge in [-0.2, -0.15) is 4.31 Å². The van der Waals surface area contributed by atoms with Crippen molar-refractivity contribution in [1.82, 2.24) is 4.31 Å². The first-order chi connectivity index (χ1) is 10.3. The predicted molar refractivity (Wildman–Crippen MR) is 78.8 cm³/mol. The van der Waals surface area contributed by atoms with Crippen molar-refractivity contribution in [3.05, 3.63) is 23.2 Å². The number of hydrogen-bond donors (Lipinski definition) is 1. The molecule has 0 spiro atoms. The van der Waals surface area contributed by atoms with Crippen LogP contribution in [0.2, 0.25) is 5.02 Å². The van der Waals surface area contributed by atoms with E-state index in [9.17, 15) is 13.2 Å². The molecule has 9 heteroatoms. The van der Waals surface area contributed by atoms with Crippen molar-refractivity contribution >= 4 is 27.6 Å². The second kappa shape index (κ2) is 6.82. The van der Waals surface area contributed by atoms with E-state index in [1.54, 1.807) is 0 Å².